The zero-order valence-corrected chi connectivity index (χ0v) is 9.29. The average Bonchev–Trinajstić information content (AvgIpc) is 2.29. The van der Waals surface area contributed by atoms with Gasteiger partial charge in [0.15, 0.2) is 0 Å². The first kappa shape index (κ1) is 11.7. The molecule has 0 N–H and O–H groups in total. The summed E-state index contributed by atoms with van der Waals surface area (Å²) in [4.78, 5) is 12.1. The first-order valence-electron chi connectivity index (χ1n) is 4.51. The summed E-state index contributed by atoms with van der Waals surface area (Å²) in [5, 5.41) is -0.167. The molecule has 0 amide bonds. The Morgan fingerprint density at radius 3 is 2.73 bits per heavy atom. The van der Waals surface area contributed by atoms with Crippen molar-refractivity contribution in [1.82, 2.24) is 0 Å². The number of ether oxygens (including phenoxy) is 1. The molecule has 0 radical (unpaired) electrons. The number of thioether (sulfide) groups is 1. The maximum absolute atomic E-state index is 11.0. The minimum atomic E-state index is -0.276. The topological polar surface area (TPSA) is 26.3 Å². The van der Waals surface area contributed by atoms with Crippen molar-refractivity contribution in [2.75, 3.05) is 7.11 Å². The number of terminal acetylenes is 1. The van der Waals surface area contributed by atoms with Gasteiger partial charge in [-0.3, -0.25) is 4.79 Å². The van der Waals surface area contributed by atoms with Crippen LogP contribution >= 0.6 is 11.8 Å². The van der Waals surface area contributed by atoms with Gasteiger partial charge in [-0.2, -0.15) is 0 Å². The first-order chi connectivity index (χ1) is 7.26. The molecule has 1 aromatic carbocycles. The number of carbonyl (C=O) groups excluding carboxylic acids is 1. The van der Waals surface area contributed by atoms with Crippen LogP contribution in [0.5, 0.6) is 0 Å². The van der Waals surface area contributed by atoms with E-state index in [1.807, 2.05) is 30.3 Å². The van der Waals surface area contributed by atoms with E-state index >= 15 is 0 Å². The van der Waals surface area contributed by atoms with Crippen molar-refractivity contribution in [2.24, 2.45) is 0 Å². The maximum Gasteiger partial charge on any atom is 0.307 e. The van der Waals surface area contributed by atoms with Gasteiger partial charge in [0, 0.05) is 4.90 Å². The van der Waals surface area contributed by atoms with Gasteiger partial charge >= 0.3 is 5.97 Å². The van der Waals surface area contributed by atoms with Gasteiger partial charge in [-0.15, -0.1) is 18.2 Å². The summed E-state index contributed by atoms with van der Waals surface area (Å²) in [5.41, 5.74) is 0. The predicted octanol–water partition coefficient (Wildman–Crippen LogP) is 2.34. The number of esters is 1. The molecule has 3 heteroatoms. The lowest BCUT2D eigenvalue weighted by atomic mass is 10.3. The van der Waals surface area contributed by atoms with Crippen LogP contribution < -0.4 is 0 Å². The lowest BCUT2D eigenvalue weighted by Crippen LogP contribution is -2.09. The lowest BCUT2D eigenvalue weighted by molar-refractivity contribution is -0.140. The molecule has 0 spiro atoms. The van der Waals surface area contributed by atoms with Crippen LogP contribution in [0.1, 0.15) is 6.42 Å². The van der Waals surface area contributed by atoms with Gasteiger partial charge in [-0.1, -0.05) is 24.1 Å². The number of methoxy groups -OCH3 is 1. The molecule has 15 heavy (non-hydrogen) atoms. The summed E-state index contributed by atoms with van der Waals surface area (Å²) in [5.74, 6) is 2.30. The highest BCUT2D eigenvalue weighted by Gasteiger charge is 2.12. The highest BCUT2D eigenvalue weighted by molar-refractivity contribution is 8.00. The fraction of sp³-hybridized carbons (Fsp3) is 0.250. The van der Waals surface area contributed by atoms with Gasteiger partial charge in [0.25, 0.3) is 0 Å². The van der Waals surface area contributed by atoms with Crippen LogP contribution in [0, 0.1) is 12.3 Å². The first-order valence-corrected chi connectivity index (χ1v) is 5.39. The number of benzene rings is 1. The molecule has 1 rings (SSSR count). The molecule has 0 bridgehead atoms. The molecule has 0 heterocycles. The van der Waals surface area contributed by atoms with E-state index in [-0.39, 0.29) is 17.6 Å². The van der Waals surface area contributed by atoms with Gasteiger partial charge in [0.05, 0.1) is 18.8 Å². The van der Waals surface area contributed by atoms with E-state index in [2.05, 4.69) is 10.7 Å². The highest BCUT2D eigenvalue weighted by atomic mass is 32.2. The van der Waals surface area contributed by atoms with Crippen LogP contribution in [0.25, 0.3) is 0 Å². The molecule has 0 saturated heterocycles. The van der Waals surface area contributed by atoms with Crippen molar-refractivity contribution in [2.45, 2.75) is 16.6 Å². The van der Waals surface area contributed by atoms with Crippen molar-refractivity contribution < 1.29 is 9.53 Å². The zero-order valence-electron chi connectivity index (χ0n) is 8.47. The Balaban J connectivity index is 2.55. The van der Waals surface area contributed by atoms with Crippen LogP contribution in [-0.2, 0) is 9.53 Å². The standard InChI is InChI=1S/C12H12O2S/c1-3-10(9-12(13)14-2)15-11-7-5-4-6-8-11/h1,4-8,10H,9H2,2H3. The third-order valence-electron chi connectivity index (χ3n) is 1.79. The average molecular weight is 220 g/mol. The lowest BCUT2D eigenvalue weighted by Gasteiger charge is -2.08. The maximum atomic E-state index is 11.0. The summed E-state index contributed by atoms with van der Waals surface area (Å²) < 4.78 is 4.57. The van der Waals surface area contributed by atoms with E-state index in [4.69, 9.17) is 6.42 Å². The highest BCUT2D eigenvalue weighted by Crippen LogP contribution is 2.24. The second-order valence-corrected chi connectivity index (χ2v) is 4.14. The van der Waals surface area contributed by atoms with Crippen molar-refractivity contribution in [3.8, 4) is 12.3 Å². The third-order valence-corrected chi connectivity index (χ3v) is 2.92. The number of carbonyl (C=O) groups is 1. The fourth-order valence-electron chi connectivity index (χ4n) is 1.03. The second-order valence-electron chi connectivity index (χ2n) is 2.87. The largest absolute Gasteiger partial charge is 0.469 e. The van der Waals surface area contributed by atoms with E-state index in [0.717, 1.165) is 4.90 Å². The Kier molecular flexibility index (Phi) is 4.79. The Labute approximate surface area is 94.0 Å². The van der Waals surface area contributed by atoms with Gasteiger partial charge in [-0.25, -0.2) is 0 Å². The molecular weight excluding hydrogens is 208 g/mol. The van der Waals surface area contributed by atoms with Gasteiger partial charge in [-0.05, 0) is 12.1 Å². The van der Waals surface area contributed by atoms with Gasteiger partial charge < -0.3 is 4.74 Å². The van der Waals surface area contributed by atoms with Crippen molar-refractivity contribution in [3.05, 3.63) is 30.3 Å². The van der Waals surface area contributed by atoms with Crippen LogP contribution in [0.15, 0.2) is 35.2 Å². The van der Waals surface area contributed by atoms with Crippen LogP contribution in [0.4, 0.5) is 0 Å². The summed E-state index contributed by atoms with van der Waals surface area (Å²) in [6.07, 6.45) is 5.59. The summed E-state index contributed by atoms with van der Waals surface area (Å²) >= 11 is 1.50. The van der Waals surface area contributed by atoms with E-state index in [0.29, 0.717) is 0 Å². The Morgan fingerprint density at radius 2 is 2.20 bits per heavy atom. The van der Waals surface area contributed by atoms with Crippen LogP contribution in [0.2, 0.25) is 0 Å². The van der Waals surface area contributed by atoms with Gasteiger partial charge in [0.1, 0.15) is 0 Å². The Hall–Kier alpha value is -1.40. The van der Waals surface area contributed by atoms with E-state index < -0.39 is 0 Å². The fourth-order valence-corrected chi connectivity index (χ4v) is 1.96. The molecule has 0 saturated carbocycles. The number of hydrogen-bond donors (Lipinski definition) is 0. The summed E-state index contributed by atoms with van der Waals surface area (Å²) in [7, 11) is 1.36. The third kappa shape index (κ3) is 4.09. The van der Waals surface area contributed by atoms with Crippen molar-refractivity contribution >= 4 is 17.7 Å². The number of rotatable bonds is 4. The molecule has 78 valence electrons. The smallest absolute Gasteiger partial charge is 0.307 e. The molecule has 0 aliphatic carbocycles. The second kappa shape index (κ2) is 6.15. The quantitative estimate of drug-likeness (QED) is 0.442. The molecule has 1 atom stereocenters. The summed E-state index contributed by atoms with van der Waals surface area (Å²) in [6.45, 7) is 0. The van der Waals surface area contributed by atoms with E-state index in [1.54, 1.807) is 0 Å². The molecule has 1 aromatic rings. The van der Waals surface area contributed by atoms with E-state index in [9.17, 15) is 4.79 Å². The predicted molar refractivity (Wildman–Crippen MR) is 61.6 cm³/mol. The molecule has 0 aliphatic heterocycles. The molecule has 0 aromatic heterocycles. The minimum absolute atomic E-state index is 0.167. The minimum Gasteiger partial charge on any atom is -0.469 e. The molecule has 0 aliphatic rings. The zero-order chi connectivity index (χ0) is 11.1. The monoisotopic (exact) mass is 220 g/mol. The van der Waals surface area contributed by atoms with Crippen LogP contribution in [-0.4, -0.2) is 18.3 Å². The molecule has 1 unspecified atom stereocenters. The molecular formula is C12H12O2S. The molecule has 0 fully saturated rings. The SMILES string of the molecule is C#CC(CC(=O)OC)Sc1ccccc1. The van der Waals surface area contributed by atoms with Gasteiger partial charge in [0.2, 0.25) is 0 Å². The number of hydrogen-bond acceptors (Lipinski definition) is 3. The normalized spacial score (nSPS) is 11.5. The van der Waals surface area contributed by atoms with Crippen LogP contribution in [0.3, 0.4) is 0 Å². The Morgan fingerprint density at radius 1 is 1.53 bits per heavy atom. The summed E-state index contributed by atoms with van der Waals surface area (Å²) in [6, 6.07) is 9.75. The molecule has 2 nitrogen and oxygen atoms in total. The van der Waals surface area contributed by atoms with Crippen molar-refractivity contribution in [3.63, 3.8) is 0 Å². The van der Waals surface area contributed by atoms with Crippen molar-refractivity contribution in [1.29, 1.82) is 0 Å². The van der Waals surface area contributed by atoms with E-state index in [1.165, 1.54) is 18.9 Å². The Bertz CT molecular complexity index is 354.